The molecule has 39 heteroatoms. The molecule has 9 rings (SSSR count). The second kappa shape index (κ2) is 66.4. The third kappa shape index (κ3) is 46.2. The molecule has 0 saturated carbocycles. The molecule has 0 amide bonds. The first kappa shape index (κ1) is 119. The van der Waals surface area contributed by atoms with Crippen LogP contribution in [0.15, 0.2) is 154 Å². The van der Waals surface area contributed by atoms with Crippen LogP contribution in [0.1, 0.15) is 112 Å². The van der Waals surface area contributed by atoms with E-state index in [4.69, 9.17) is 209 Å². The van der Waals surface area contributed by atoms with E-state index in [0.717, 1.165) is 0 Å². The van der Waals surface area contributed by atoms with Crippen molar-refractivity contribution in [3.05, 3.63) is 250 Å². The van der Waals surface area contributed by atoms with Crippen LogP contribution in [0.4, 0.5) is 0 Å². The van der Waals surface area contributed by atoms with Crippen molar-refractivity contribution in [3.63, 3.8) is 0 Å². The van der Waals surface area contributed by atoms with E-state index < -0.39 is 0 Å². The molecule has 648 valence electrons. The topological polar surface area (TPSA) is 319 Å². The van der Waals surface area contributed by atoms with Gasteiger partial charge < -0.3 is 46.0 Å². The van der Waals surface area contributed by atoms with E-state index in [2.05, 4.69) is 44.9 Å². The summed E-state index contributed by atoms with van der Waals surface area (Å²) in [6.45, 7) is 22.6. The van der Waals surface area contributed by atoms with Crippen LogP contribution in [-0.2, 0) is 50.3 Å². The zero-order valence-electron chi connectivity index (χ0n) is 64.5. The zero-order valence-corrected chi connectivity index (χ0v) is 81.2. The fourth-order valence-electron chi connectivity index (χ4n) is 7.79. The molecule has 0 spiro atoms. The molecule has 18 nitrogen and oxygen atoms in total. The maximum absolute atomic E-state index is 11.3. The van der Waals surface area contributed by atoms with Gasteiger partial charge >= 0.3 is 50.3 Å². The van der Waals surface area contributed by atoms with Crippen LogP contribution >= 0.6 is 209 Å². The fourth-order valence-corrected chi connectivity index (χ4v) is 12.4. The largest absolute Gasteiger partial charge is 3.00 e. The van der Waals surface area contributed by atoms with Crippen molar-refractivity contribution < 1.29 is 96.3 Å². The number of benzene rings is 9. The first-order valence-electron chi connectivity index (χ1n) is 34.3. The summed E-state index contributed by atoms with van der Waals surface area (Å²) in [6, 6.07) is 26.8. The zero-order chi connectivity index (χ0) is 88.6. The average Bonchev–Trinajstić information content (AvgIpc) is 0.928. The second-order valence-corrected chi connectivity index (χ2v) is 29.5. The van der Waals surface area contributed by atoms with Crippen molar-refractivity contribution in [3.8, 4) is 51.7 Å². The van der Waals surface area contributed by atoms with Gasteiger partial charge in [-0.3, -0.25) is 44.9 Å². The van der Waals surface area contributed by atoms with Crippen LogP contribution in [0.2, 0.25) is 90.4 Å². The summed E-state index contributed by atoms with van der Waals surface area (Å²) in [5, 5.41) is 107. The van der Waals surface area contributed by atoms with Crippen LogP contribution in [0.25, 0.3) is 0 Å². The second-order valence-electron chi connectivity index (χ2n) is 21.9. The Kier molecular flexibility index (Phi) is 65.9. The van der Waals surface area contributed by atoms with Crippen molar-refractivity contribution in [2.75, 3.05) is 58.9 Å². The number of hydrogen-bond donors (Lipinski definition) is 0. The molecule has 0 unspecified atom stereocenters. The van der Waals surface area contributed by atoms with Crippen molar-refractivity contribution in [2.24, 2.45) is 44.9 Å². The van der Waals surface area contributed by atoms with Crippen LogP contribution in [-0.4, -0.2) is 115 Å². The van der Waals surface area contributed by atoms with Crippen LogP contribution in [0.5, 0.6) is 51.7 Å². The van der Waals surface area contributed by atoms with Crippen LogP contribution < -0.4 is 46.0 Å². The molecule has 0 saturated heterocycles. The van der Waals surface area contributed by atoms with Gasteiger partial charge in [0.15, 0.2) is 0 Å². The smallest absolute Gasteiger partial charge is 0.871 e. The molecule has 0 aromatic heterocycles. The summed E-state index contributed by atoms with van der Waals surface area (Å²) in [5.41, 5.74) is 3.87. The molecule has 0 aliphatic heterocycles. The Hall–Kier alpha value is -5.05. The molecular formula is C81H72Cl18Co3N9O9. The fraction of sp³-hybridized carbons (Fsp3) is 0.222. The Morgan fingerprint density at radius 3 is 0.308 bits per heavy atom. The molecule has 0 radical (unpaired) electrons. The number of halogens is 18. The Morgan fingerprint density at radius 2 is 0.242 bits per heavy atom. The normalized spacial score (nSPS) is 10.7. The summed E-state index contributed by atoms with van der Waals surface area (Å²) in [5.74, 6) is -2.10. The van der Waals surface area contributed by atoms with E-state index in [9.17, 15) is 46.0 Å². The Bertz CT molecular complexity index is 4010. The van der Waals surface area contributed by atoms with E-state index in [0.29, 0.717) is 154 Å². The maximum atomic E-state index is 11.3. The molecule has 0 bridgehead atoms. The van der Waals surface area contributed by atoms with Gasteiger partial charge in [0.05, 0.1) is 0 Å². The predicted octanol–water partition coefficient (Wildman–Crippen LogP) is 22.5. The SMILES string of the molecule is CCN=Cc1cc(Cl)cc(Cl)c1[O-].CCN=Cc1cc(Cl)cc(Cl)c1[O-].CCN=Cc1cc(Cl)cc(Cl)c1[O-].CCN=Cc1cc(Cl)cc(Cl)c1[O-].CCN=Cc1cc(Cl)cc(Cl)c1[O-].CCN=Cc1cc(Cl)cc(Cl)c1[O-].CCN=Cc1cc(Cl)cc(Cl)c1[O-].CCN=Cc1cc(Cl)cc(Cl)c1[O-].CCN=Cc1cc(Cl)cc(Cl)c1[O-].[Co+3].[Co+3].[Co+3]. The van der Waals surface area contributed by atoms with Gasteiger partial charge in [-0.15, -0.1) is 0 Å². The Labute approximate surface area is 819 Å². The third-order valence-electron chi connectivity index (χ3n) is 13.1. The molecule has 9 aromatic rings. The monoisotopic (exact) mass is 2120 g/mol. The molecule has 0 N–H and O–H groups in total. The Morgan fingerprint density at radius 1 is 0.167 bits per heavy atom. The standard InChI is InChI=1S/9C9H9Cl2NO.3Co/c9*1-2-12-5-6-3-7(10)4-8(11)9(6)13;;;/h9*3-5,13H,2H2,1H3;;;/q;;;;;;;;;3*+3/p-9. The summed E-state index contributed by atoms with van der Waals surface area (Å²) in [6.07, 6.45) is 13.4. The van der Waals surface area contributed by atoms with Gasteiger partial charge in [0, 0.05) is 205 Å². The minimum atomic E-state index is -0.233. The van der Waals surface area contributed by atoms with Gasteiger partial charge in [0.2, 0.25) is 0 Å². The van der Waals surface area contributed by atoms with Gasteiger partial charge in [-0.05, 0) is 222 Å². The molecule has 0 heterocycles. The number of rotatable bonds is 18. The predicted molar refractivity (Wildman–Crippen MR) is 486 cm³/mol. The van der Waals surface area contributed by atoms with Gasteiger partial charge in [-0.2, -0.15) is 0 Å². The van der Waals surface area contributed by atoms with E-state index in [1.807, 2.05) is 62.3 Å². The van der Waals surface area contributed by atoms with E-state index in [1.165, 1.54) is 111 Å². The first-order valence-corrected chi connectivity index (χ1v) is 41.1. The number of aliphatic imine (C=N–C) groups is 9. The van der Waals surface area contributed by atoms with Crippen LogP contribution in [0, 0.1) is 0 Å². The van der Waals surface area contributed by atoms with Gasteiger partial charge in [0.25, 0.3) is 0 Å². The van der Waals surface area contributed by atoms with E-state index in [1.54, 1.807) is 54.6 Å². The van der Waals surface area contributed by atoms with Gasteiger partial charge in [-0.25, -0.2) is 0 Å². The summed E-state index contributed by atoms with van der Waals surface area (Å²) < 4.78 is 0. The molecule has 0 aliphatic carbocycles. The van der Waals surface area contributed by atoms with E-state index in [-0.39, 0.29) is 147 Å². The van der Waals surface area contributed by atoms with E-state index >= 15 is 0 Å². The number of hydrogen-bond acceptors (Lipinski definition) is 18. The molecule has 120 heavy (non-hydrogen) atoms. The summed E-state index contributed by atoms with van der Waals surface area (Å²) in [7, 11) is 0. The van der Waals surface area contributed by atoms with Crippen molar-refractivity contribution in [1.29, 1.82) is 0 Å². The van der Waals surface area contributed by atoms with Gasteiger partial charge in [0.1, 0.15) is 0 Å². The minimum Gasteiger partial charge on any atom is -0.871 e. The minimum absolute atomic E-state index is 0. The van der Waals surface area contributed by atoms with Gasteiger partial charge in [-0.1, -0.05) is 261 Å². The van der Waals surface area contributed by atoms with Crippen molar-refractivity contribution >= 4 is 265 Å². The van der Waals surface area contributed by atoms with Crippen LogP contribution in [0.3, 0.4) is 0 Å². The molecule has 0 atom stereocenters. The molecular weight excluding hydrogens is 2060 g/mol. The van der Waals surface area contributed by atoms with Crippen molar-refractivity contribution in [2.45, 2.75) is 62.3 Å². The summed E-state index contributed by atoms with van der Waals surface area (Å²) >= 11 is 102. The molecule has 9 aromatic carbocycles. The maximum Gasteiger partial charge on any atom is 3.00 e. The quantitative estimate of drug-likeness (QED) is 0.0736. The Balaban J connectivity index is -0.00000128. The number of nitrogens with zero attached hydrogens (tertiary/aromatic N) is 9. The van der Waals surface area contributed by atoms with Crippen molar-refractivity contribution in [1.82, 2.24) is 0 Å². The third-order valence-corrected chi connectivity index (χ3v) is 17.5. The molecule has 0 fully saturated rings. The average molecular weight is 2130 g/mol. The first-order chi connectivity index (χ1) is 55.3. The molecule has 0 aliphatic rings. The summed E-state index contributed by atoms with van der Waals surface area (Å²) in [4.78, 5) is 35.5.